The van der Waals surface area contributed by atoms with E-state index in [1.54, 1.807) is 33.4 Å². The molecule has 0 fully saturated rings. The van der Waals surface area contributed by atoms with Gasteiger partial charge in [-0.05, 0) is 64.1 Å². The van der Waals surface area contributed by atoms with Crippen molar-refractivity contribution in [3.8, 4) is 0 Å². The third kappa shape index (κ3) is 8.14. The largest absolute Gasteiger partial charge is 0.380 e. The number of ketones is 1. The van der Waals surface area contributed by atoms with Crippen LogP contribution >= 0.6 is 0 Å². The number of aromatic nitrogens is 3. The number of ether oxygens (including phenoxy) is 1. The molecule has 192 valence electrons. The standard InChI is InChI=1S/C26H41N6O3/c1-19-16-27-17-25(32(19)34)30-24(21(3)33)12-15-31(18-20(2)35-4)14-6-5-9-23-11-10-22-8-7-13-28-26(22)29-23/h10-11,16-17,20,24,30H,5-9,12-15,18H2,1-4H3,(H,27,34)(H,28,29)/q+1/t20-,24+/m1/s1. The van der Waals surface area contributed by atoms with Gasteiger partial charge in [-0.2, -0.15) is 0 Å². The van der Waals surface area contributed by atoms with Crippen molar-refractivity contribution in [2.24, 2.45) is 0 Å². The minimum absolute atomic E-state index is 0.0124. The highest BCUT2D eigenvalue weighted by molar-refractivity contribution is 5.83. The number of methoxy groups -OCH3 is 1. The number of nitrogens with one attached hydrogen (secondary N) is 3. The van der Waals surface area contributed by atoms with E-state index in [9.17, 15) is 9.70 Å². The van der Waals surface area contributed by atoms with Crippen molar-refractivity contribution in [2.45, 2.75) is 71.4 Å². The number of carbonyl (C=O) groups is 1. The zero-order valence-electron chi connectivity index (χ0n) is 21.6. The molecule has 0 aromatic carbocycles. The third-order valence-corrected chi connectivity index (χ3v) is 6.63. The van der Waals surface area contributed by atoms with Crippen molar-refractivity contribution < 1.29 is 14.0 Å². The predicted molar refractivity (Wildman–Crippen MR) is 139 cm³/mol. The van der Waals surface area contributed by atoms with E-state index in [2.05, 4.69) is 39.6 Å². The van der Waals surface area contributed by atoms with E-state index in [-0.39, 0.29) is 11.9 Å². The molecule has 9 nitrogen and oxygen atoms in total. The van der Waals surface area contributed by atoms with E-state index in [1.165, 1.54) is 12.0 Å². The van der Waals surface area contributed by atoms with Crippen LogP contribution < -0.4 is 15.1 Å². The van der Waals surface area contributed by atoms with Crippen LogP contribution in [0.5, 0.6) is 0 Å². The average Bonchev–Trinajstić information content (AvgIpc) is 2.86. The van der Waals surface area contributed by atoms with Gasteiger partial charge in [0.15, 0.2) is 17.5 Å². The molecule has 2 aromatic heterocycles. The second kappa shape index (κ2) is 13.3. The van der Waals surface area contributed by atoms with Gasteiger partial charge in [0.05, 0.1) is 12.3 Å². The molecular formula is C26H41N6O3+. The fourth-order valence-electron chi connectivity index (χ4n) is 4.40. The molecule has 0 spiro atoms. The summed E-state index contributed by atoms with van der Waals surface area (Å²) in [6, 6.07) is 3.94. The highest BCUT2D eigenvalue weighted by Gasteiger charge is 2.23. The molecule has 0 unspecified atom stereocenters. The Morgan fingerprint density at radius 3 is 2.89 bits per heavy atom. The van der Waals surface area contributed by atoms with Gasteiger partial charge in [-0.15, -0.1) is 0 Å². The molecule has 9 heteroatoms. The maximum atomic E-state index is 12.3. The van der Waals surface area contributed by atoms with Crippen molar-refractivity contribution in [3.05, 3.63) is 46.4 Å². The van der Waals surface area contributed by atoms with E-state index in [4.69, 9.17) is 9.72 Å². The summed E-state index contributed by atoms with van der Waals surface area (Å²) in [5.74, 6) is 1.42. The van der Waals surface area contributed by atoms with Gasteiger partial charge in [-0.3, -0.25) is 10.1 Å². The van der Waals surface area contributed by atoms with Crippen LogP contribution in [-0.2, 0) is 22.4 Å². The van der Waals surface area contributed by atoms with Crippen molar-refractivity contribution in [1.82, 2.24) is 14.9 Å². The van der Waals surface area contributed by atoms with Crippen molar-refractivity contribution in [3.63, 3.8) is 0 Å². The summed E-state index contributed by atoms with van der Waals surface area (Å²) in [5, 5.41) is 6.53. The normalized spacial score (nSPS) is 14.8. The number of aryl methyl sites for hydroxylation is 3. The summed E-state index contributed by atoms with van der Waals surface area (Å²) in [6.07, 6.45) is 9.24. The summed E-state index contributed by atoms with van der Waals surface area (Å²) in [7, 11) is 1.72. The Kier molecular flexibility index (Phi) is 10.2. The number of rotatable bonds is 14. The van der Waals surface area contributed by atoms with Gasteiger partial charge < -0.3 is 19.9 Å². The summed E-state index contributed by atoms with van der Waals surface area (Å²) >= 11 is 0. The van der Waals surface area contributed by atoms with E-state index in [0.717, 1.165) is 67.8 Å². The lowest BCUT2D eigenvalue weighted by Crippen LogP contribution is -2.39. The summed E-state index contributed by atoms with van der Waals surface area (Å²) in [4.78, 5) is 34.7. The van der Waals surface area contributed by atoms with Crippen molar-refractivity contribution in [2.75, 3.05) is 43.9 Å². The average molecular weight is 486 g/mol. The molecule has 0 amide bonds. The predicted octanol–water partition coefficient (Wildman–Crippen LogP) is 3.11. The molecule has 0 aliphatic carbocycles. The second-order valence-electron chi connectivity index (χ2n) is 9.52. The molecule has 1 aliphatic rings. The zero-order chi connectivity index (χ0) is 25.2. The SMILES string of the molecule is CO[C@H](C)CN(CCCCc1ccc2c(n1)NCCC2)CC[C@H](Nc1c[nH]cc(C)[n+]1=O)C(C)=O. The summed E-state index contributed by atoms with van der Waals surface area (Å²) in [6.45, 7) is 8.80. The molecule has 2 aromatic rings. The highest BCUT2D eigenvalue weighted by Crippen LogP contribution is 2.20. The van der Waals surface area contributed by atoms with E-state index >= 15 is 0 Å². The number of fused-ring (bicyclic) bond motifs is 1. The first-order chi connectivity index (χ1) is 16.9. The number of hydrogen-bond donors (Lipinski definition) is 3. The monoisotopic (exact) mass is 485 g/mol. The third-order valence-electron chi connectivity index (χ3n) is 6.63. The molecule has 3 heterocycles. The fourth-order valence-corrected chi connectivity index (χ4v) is 4.40. The van der Waals surface area contributed by atoms with Crippen LogP contribution in [0.25, 0.3) is 0 Å². The number of hydrogen-bond acceptors (Lipinski definition) is 7. The number of unbranched alkanes of at least 4 members (excludes halogenated alkanes) is 1. The molecule has 3 rings (SSSR count). The van der Waals surface area contributed by atoms with Gasteiger partial charge in [-0.1, -0.05) is 11.0 Å². The molecule has 0 saturated heterocycles. The molecule has 35 heavy (non-hydrogen) atoms. The Hall–Kier alpha value is -2.78. The smallest absolute Gasteiger partial charge is 0.336 e. The summed E-state index contributed by atoms with van der Waals surface area (Å²) in [5.41, 5.74) is 2.99. The lowest BCUT2D eigenvalue weighted by molar-refractivity contribution is -0.487. The Morgan fingerprint density at radius 2 is 2.11 bits per heavy atom. The summed E-state index contributed by atoms with van der Waals surface area (Å²) < 4.78 is 6.30. The maximum Gasteiger partial charge on any atom is 0.336 e. The van der Waals surface area contributed by atoms with Crippen molar-refractivity contribution in [1.29, 1.82) is 0 Å². The van der Waals surface area contributed by atoms with Crippen LogP contribution in [0.4, 0.5) is 11.6 Å². The van der Waals surface area contributed by atoms with Gasteiger partial charge in [0, 0.05) is 56.4 Å². The Labute approximate surface area is 208 Å². The number of aromatic amines is 1. The van der Waals surface area contributed by atoms with Gasteiger partial charge in [0.25, 0.3) is 0 Å². The van der Waals surface area contributed by atoms with Crippen LogP contribution in [0, 0.1) is 11.8 Å². The highest BCUT2D eigenvalue weighted by atomic mass is 16.5. The lowest BCUT2D eigenvalue weighted by Gasteiger charge is -2.26. The van der Waals surface area contributed by atoms with Gasteiger partial charge in [0.1, 0.15) is 5.82 Å². The van der Waals surface area contributed by atoms with Crippen LogP contribution in [0.3, 0.4) is 0 Å². The van der Waals surface area contributed by atoms with E-state index in [0.29, 0.717) is 17.9 Å². The minimum Gasteiger partial charge on any atom is -0.380 e. The fraction of sp³-hybridized carbons (Fsp3) is 0.615. The van der Waals surface area contributed by atoms with Crippen LogP contribution in [0.2, 0.25) is 0 Å². The lowest BCUT2D eigenvalue weighted by atomic mass is 10.1. The number of Topliss-reactive ketones (excluding diaryl/α,β-unsaturated/α-hetero) is 1. The number of nitrogens with zero attached hydrogens (tertiary/aromatic N) is 3. The number of anilines is 2. The number of H-pyrrole nitrogens is 1. The number of carbonyl (C=O) groups excluding carboxylic acids is 1. The molecule has 1 aliphatic heterocycles. The maximum absolute atomic E-state index is 12.3. The zero-order valence-corrected chi connectivity index (χ0v) is 21.6. The Bertz CT molecular complexity index is 1020. The van der Waals surface area contributed by atoms with Gasteiger partial charge >= 0.3 is 5.82 Å². The molecule has 3 N–H and O–H groups in total. The topological polar surface area (TPSA) is 105 Å². The van der Waals surface area contributed by atoms with E-state index < -0.39 is 6.04 Å². The molecule has 0 saturated carbocycles. The first-order valence-corrected chi connectivity index (χ1v) is 12.7. The second-order valence-corrected chi connectivity index (χ2v) is 9.52. The van der Waals surface area contributed by atoms with Crippen LogP contribution in [0.15, 0.2) is 24.5 Å². The van der Waals surface area contributed by atoms with Crippen LogP contribution in [0.1, 0.15) is 56.5 Å². The Balaban J connectivity index is 1.52. The van der Waals surface area contributed by atoms with Gasteiger partial charge in [0.2, 0.25) is 0 Å². The Morgan fingerprint density at radius 1 is 1.29 bits per heavy atom. The van der Waals surface area contributed by atoms with Crippen molar-refractivity contribution >= 4 is 17.4 Å². The first-order valence-electron chi connectivity index (χ1n) is 12.7. The minimum atomic E-state index is -0.432. The molecule has 0 radical (unpaired) electrons. The molecule has 0 bridgehead atoms. The van der Waals surface area contributed by atoms with E-state index in [1.807, 2.05) is 0 Å². The molecule has 2 atom stereocenters. The number of pyridine rings is 1. The first kappa shape index (κ1) is 26.8. The van der Waals surface area contributed by atoms with Crippen LogP contribution in [-0.4, -0.2) is 66.1 Å². The quantitative estimate of drug-likeness (QED) is 0.279. The molecular weight excluding hydrogens is 444 g/mol. The van der Waals surface area contributed by atoms with Gasteiger partial charge in [-0.25, -0.2) is 4.98 Å².